The second kappa shape index (κ2) is 5.95. The van der Waals surface area contributed by atoms with E-state index < -0.39 is 0 Å². The molecule has 5 nitrogen and oxygen atoms in total. The molecule has 0 spiro atoms. The van der Waals surface area contributed by atoms with E-state index in [2.05, 4.69) is 20.6 Å². The first-order chi connectivity index (χ1) is 9.17. The number of halogens is 2. The van der Waals surface area contributed by atoms with Crippen molar-refractivity contribution in [2.45, 2.75) is 0 Å². The van der Waals surface area contributed by atoms with Crippen molar-refractivity contribution in [2.24, 2.45) is 0 Å². The second-order valence-electron chi connectivity index (χ2n) is 3.58. The molecule has 1 heterocycles. The molecule has 1 aromatic heterocycles. The maximum Gasteiger partial charge on any atom is 0.204 e. The van der Waals surface area contributed by atoms with E-state index in [0.29, 0.717) is 33.1 Å². The van der Waals surface area contributed by atoms with Gasteiger partial charge in [0.05, 0.1) is 22.8 Å². The molecule has 0 radical (unpaired) electrons. The van der Waals surface area contributed by atoms with Gasteiger partial charge in [-0.15, -0.1) is 0 Å². The summed E-state index contributed by atoms with van der Waals surface area (Å²) >= 11 is 12.2. The molecule has 2 N–H and O–H groups in total. The van der Waals surface area contributed by atoms with Crippen LogP contribution in [0.4, 0.5) is 17.3 Å². The van der Waals surface area contributed by atoms with Crippen molar-refractivity contribution in [3.05, 3.63) is 34.6 Å². The Kier molecular flexibility index (Phi) is 4.29. The number of ether oxygens (including phenoxy) is 1. The number of nitrogens with one attached hydrogen (secondary N) is 2. The first-order valence-corrected chi connectivity index (χ1v) is 6.20. The van der Waals surface area contributed by atoms with Gasteiger partial charge >= 0.3 is 0 Å². The smallest absolute Gasteiger partial charge is 0.204 e. The molecule has 0 aliphatic rings. The molecular weight excluding hydrogens is 287 g/mol. The third-order valence-electron chi connectivity index (χ3n) is 2.45. The zero-order valence-electron chi connectivity index (χ0n) is 10.4. The molecule has 0 aliphatic heterocycles. The van der Waals surface area contributed by atoms with E-state index >= 15 is 0 Å². The fourth-order valence-corrected chi connectivity index (χ4v) is 2.06. The van der Waals surface area contributed by atoms with Crippen LogP contribution in [0.5, 0.6) is 5.75 Å². The maximum atomic E-state index is 6.10. The summed E-state index contributed by atoms with van der Waals surface area (Å²) < 4.78 is 5.28. The molecule has 19 heavy (non-hydrogen) atoms. The van der Waals surface area contributed by atoms with Gasteiger partial charge in [-0.3, -0.25) is 0 Å². The van der Waals surface area contributed by atoms with Gasteiger partial charge in [0.15, 0.2) is 11.6 Å². The number of methoxy groups -OCH3 is 1. The fraction of sp³-hybridized carbons (Fsp3) is 0.167. The van der Waals surface area contributed by atoms with E-state index in [1.165, 1.54) is 6.33 Å². The van der Waals surface area contributed by atoms with Gasteiger partial charge in [-0.1, -0.05) is 29.3 Å². The lowest BCUT2D eigenvalue weighted by Crippen LogP contribution is -2.03. The SMILES string of the molecule is CNc1ncnc(Nc2c(Cl)cccc2Cl)c1OC. The molecule has 0 fully saturated rings. The number of benzene rings is 1. The van der Waals surface area contributed by atoms with Crippen molar-refractivity contribution in [3.8, 4) is 5.75 Å². The molecule has 100 valence electrons. The third kappa shape index (κ3) is 2.83. The zero-order valence-corrected chi connectivity index (χ0v) is 11.9. The molecule has 2 aromatic rings. The highest BCUT2D eigenvalue weighted by Gasteiger charge is 2.14. The highest BCUT2D eigenvalue weighted by Crippen LogP contribution is 2.36. The second-order valence-corrected chi connectivity index (χ2v) is 4.39. The van der Waals surface area contributed by atoms with Gasteiger partial charge in [0, 0.05) is 7.05 Å². The summed E-state index contributed by atoms with van der Waals surface area (Å²) in [6, 6.07) is 5.25. The number of para-hydroxylation sites is 1. The Bertz CT molecular complexity index is 572. The van der Waals surface area contributed by atoms with Crippen LogP contribution in [0.3, 0.4) is 0 Å². The van der Waals surface area contributed by atoms with Gasteiger partial charge in [-0.05, 0) is 12.1 Å². The van der Waals surface area contributed by atoms with Crippen molar-refractivity contribution in [1.29, 1.82) is 0 Å². The van der Waals surface area contributed by atoms with Gasteiger partial charge in [0.2, 0.25) is 5.75 Å². The predicted molar refractivity (Wildman–Crippen MR) is 77.9 cm³/mol. The molecule has 0 saturated heterocycles. The Hall–Kier alpha value is -1.72. The lowest BCUT2D eigenvalue weighted by molar-refractivity contribution is 0.415. The fourth-order valence-electron chi connectivity index (χ4n) is 1.57. The number of aromatic nitrogens is 2. The van der Waals surface area contributed by atoms with E-state index in [1.807, 2.05) is 0 Å². The Balaban J connectivity index is 2.44. The highest BCUT2D eigenvalue weighted by atomic mass is 35.5. The van der Waals surface area contributed by atoms with Crippen molar-refractivity contribution in [1.82, 2.24) is 9.97 Å². The molecular formula is C12H12Cl2N4O. The van der Waals surface area contributed by atoms with Crippen LogP contribution < -0.4 is 15.4 Å². The van der Waals surface area contributed by atoms with Crippen LogP contribution in [-0.2, 0) is 0 Å². The lowest BCUT2D eigenvalue weighted by atomic mass is 10.3. The van der Waals surface area contributed by atoms with Gasteiger partial charge in [0.25, 0.3) is 0 Å². The van der Waals surface area contributed by atoms with E-state index in [-0.39, 0.29) is 0 Å². The maximum absolute atomic E-state index is 6.10. The van der Waals surface area contributed by atoms with Crippen molar-refractivity contribution in [2.75, 3.05) is 24.8 Å². The minimum Gasteiger partial charge on any atom is -0.490 e. The van der Waals surface area contributed by atoms with Crippen LogP contribution in [-0.4, -0.2) is 24.1 Å². The van der Waals surface area contributed by atoms with Crippen LogP contribution >= 0.6 is 23.2 Å². The molecule has 0 amide bonds. The average Bonchev–Trinajstić information content (AvgIpc) is 2.42. The largest absolute Gasteiger partial charge is 0.490 e. The Morgan fingerprint density at radius 1 is 1.11 bits per heavy atom. The Morgan fingerprint density at radius 2 is 1.74 bits per heavy atom. The quantitative estimate of drug-likeness (QED) is 0.903. The molecule has 2 rings (SSSR count). The summed E-state index contributed by atoms with van der Waals surface area (Å²) in [5, 5.41) is 6.97. The number of hydrogen-bond donors (Lipinski definition) is 2. The van der Waals surface area contributed by atoms with E-state index in [9.17, 15) is 0 Å². The molecule has 0 bridgehead atoms. The van der Waals surface area contributed by atoms with Crippen LogP contribution in [0, 0.1) is 0 Å². The van der Waals surface area contributed by atoms with Crippen molar-refractivity contribution >= 4 is 40.5 Å². The number of nitrogens with zero attached hydrogens (tertiary/aromatic N) is 2. The monoisotopic (exact) mass is 298 g/mol. The summed E-state index contributed by atoms with van der Waals surface area (Å²) in [5.74, 6) is 1.54. The molecule has 1 aromatic carbocycles. The van der Waals surface area contributed by atoms with Crippen LogP contribution in [0.1, 0.15) is 0 Å². The summed E-state index contributed by atoms with van der Waals surface area (Å²) in [5.41, 5.74) is 0.574. The summed E-state index contributed by atoms with van der Waals surface area (Å²) in [6.45, 7) is 0. The molecule has 0 unspecified atom stereocenters. The van der Waals surface area contributed by atoms with E-state index in [0.717, 1.165) is 0 Å². The van der Waals surface area contributed by atoms with Crippen LogP contribution in [0.25, 0.3) is 0 Å². The molecule has 7 heteroatoms. The first kappa shape index (κ1) is 13.7. The standard InChI is InChI=1S/C12H12Cl2N4O/c1-15-11-10(19-2)12(17-6-16-11)18-9-7(13)4-3-5-8(9)14/h3-6H,1-2H3,(H2,15,16,17,18). The van der Waals surface area contributed by atoms with Crippen LogP contribution in [0.15, 0.2) is 24.5 Å². The minimum atomic E-state index is 0.483. The third-order valence-corrected chi connectivity index (χ3v) is 3.08. The summed E-state index contributed by atoms with van der Waals surface area (Å²) in [6.07, 6.45) is 1.42. The van der Waals surface area contributed by atoms with Crippen LogP contribution in [0.2, 0.25) is 10.0 Å². The Labute approximate surface area is 120 Å². The van der Waals surface area contributed by atoms with Gasteiger partial charge < -0.3 is 15.4 Å². The average molecular weight is 299 g/mol. The highest BCUT2D eigenvalue weighted by molar-refractivity contribution is 6.39. The first-order valence-electron chi connectivity index (χ1n) is 5.45. The molecule has 0 aliphatic carbocycles. The van der Waals surface area contributed by atoms with Crippen molar-refractivity contribution in [3.63, 3.8) is 0 Å². The van der Waals surface area contributed by atoms with Gasteiger partial charge in [-0.25, -0.2) is 9.97 Å². The summed E-state index contributed by atoms with van der Waals surface area (Å²) in [7, 11) is 3.29. The number of hydrogen-bond acceptors (Lipinski definition) is 5. The van der Waals surface area contributed by atoms with Gasteiger partial charge in [0.1, 0.15) is 6.33 Å². The zero-order chi connectivity index (χ0) is 13.8. The number of anilines is 3. The predicted octanol–water partition coefficient (Wildman–Crippen LogP) is 3.58. The Morgan fingerprint density at radius 3 is 2.32 bits per heavy atom. The van der Waals surface area contributed by atoms with Gasteiger partial charge in [-0.2, -0.15) is 0 Å². The number of rotatable bonds is 4. The molecule has 0 saturated carbocycles. The van der Waals surface area contributed by atoms with E-state index in [1.54, 1.807) is 32.4 Å². The van der Waals surface area contributed by atoms with E-state index in [4.69, 9.17) is 27.9 Å². The topological polar surface area (TPSA) is 59.1 Å². The lowest BCUT2D eigenvalue weighted by Gasteiger charge is -2.14. The van der Waals surface area contributed by atoms with Crippen molar-refractivity contribution < 1.29 is 4.74 Å². The summed E-state index contributed by atoms with van der Waals surface area (Å²) in [4.78, 5) is 8.19. The normalized spacial score (nSPS) is 10.1. The molecule has 0 atom stereocenters. The minimum absolute atomic E-state index is 0.483.